The minimum atomic E-state index is -4.20. The van der Waals surface area contributed by atoms with E-state index >= 15 is 0 Å². The third kappa shape index (κ3) is 4.89. The molecule has 9 heteroatoms. The van der Waals surface area contributed by atoms with Crippen LogP contribution in [0.2, 0.25) is 0 Å². The predicted molar refractivity (Wildman–Crippen MR) is 105 cm³/mol. The SMILES string of the molecule is COC1(c2ccc(Sc3ccc(/C(C)=N/O)cc3)s2)CCN(CC(F)(F)F)C1. The number of thiophene rings is 1. The van der Waals surface area contributed by atoms with Crippen LogP contribution in [0.1, 0.15) is 23.8 Å². The van der Waals surface area contributed by atoms with E-state index in [2.05, 4.69) is 5.16 Å². The fourth-order valence-electron chi connectivity index (χ4n) is 3.27. The number of halogens is 3. The van der Waals surface area contributed by atoms with Gasteiger partial charge in [-0.25, -0.2) is 0 Å². The first-order valence-electron chi connectivity index (χ1n) is 8.66. The van der Waals surface area contributed by atoms with Gasteiger partial charge in [-0.3, -0.25) is 4.90 Å². The highest BCUT2D eigenvalue weighted by molar-refractivity contribution is 8.01. The number of hydrogen-bond acceptors (Lipinski definition) is 6. The highest BCUT2D eigenvalue weighted by atomic mass is 32.2. The highest BCUT2D eigenvalue weighted by Crippen LogP contribution is 2.43. The van der Waals surface area contributed by atoms with Gasteiger partial charge in [0.05, 0.1) is 16.5 Å². The van der Waals surface area contributed by atoms with Gasteiger partial charge < -0.3 is 9.94 Å². The van der Waals surface area contributed by atoms with Gasteiger partial charge in [0.1, 0.15) is 5.60 Å². The number of rotatable bonds is 6. The van der Waals surface area contributed by atoms with Gasteiger partial charge in [-0.05, 0) is 43.2 Å². The Morgan fingerprint density at radius 3 is 2.61 bits per heavy atom. The molecule has 1 fully saturated rings. The number of alkyl halides is 3. The zero-order valence-electron chi connectivity index (χ0n) is 15.5. The van der Waals surface area contributed by atoms with Gasteiger partial charge in [-0.15, -0.1) is 11.3 Å². The van der Waals surface area contributed by atoms with Crippen molar-refractivity contribution in [1.82, 2.24) is 4.90 Å². The molecule has 0 spiro atoms. The minimum absolute atomic E-state index is 0.238. The third-order valence-corrected chi connectivity index (χ3v) is 7.19. The molecule has 1 aliphatic rings. The average Bonchev–Trinajstić information content (AvgIpc) is 3.28. The maximum atomic E-state index is 12.7. The van der Waals surface area contributed by atoms with E-state index in [0.717, 1.165) is 19.5 Å². The summed E-state index contributed by atoms with van der Waals surface area (Å²) in [7, 11) is 1.56. The molecule has 2 heterocycles. The molecule has 1 aliphatic heterocycles. The Balaban J connectivity index is 1.70. The van der Waals surface area contributed by atoms with Crippen molar-refractivity contribution in [3.8, 4) is 0 Å². The van der Waals surface area contributed by atoms with E-state index in [1.165, 1.54) is 4.90 Å². The lowest BCUT2D eigenvalue weighted by atomic mass is 10.0. The molecule has 0 radical (unpaired) electrons. The Kier molecular flexibility index (Phi) is 6.38. The Labute approximate surface area is 170 Å². The average molecular weight is 431 g/mol. The Morgan fingerprint density at radius 2 is 2.00 bits per heavy atom. The van der Waals surface area contributed by atoms with Crippen LogP contribution < -0.4 is 0 Å². The maximum Gasteiger partial charge on any atom is 0.401 e. The molecular formula is C19H21F3N2O2S2. The predicted octanol–water partition coefficient (Wildman–Crippen LogP) is 5.21. The molecular weight excluding hydrogens is 409 g/mol. The first-order valence-corrected chi connectivity index (χ1v) is 10.3. The van der Waals surface area contributed by atoms with Crippen LogP contribution in [0.25, 0.3) is 0 Å². The van der Waals surface area contributed by atoms with E-state index in [1.807, 2.05) is 36.4 Å². The van der Waals surface area contributed by atoms with Crippen LogP contribution in [-0.4, -0.2) is 48.7 Å². The summed E-state index contributed by atoms with van der Waals surface area (Å²) in [4.78, 5) is 3.38. The number of oxime groups is 1. The molecule has 1 atom stereocenters. The zero-order chi connectivity index (χ0) is 20.4. The monoisotopic (exact) mass is 430 g/mol. The van der Waals surface area contributed by atoms with Crippen molar-refractivity contribution in [3.05, 3.63) is 46.8 Å². The van der Waals surface area contributed by atoms with Gasteiger partial charge in [-0.2, -0.15) is 13.2 Å². The summed E-state index contributed by atoms with van der Waals surface area (Å²) in [5, 5.41) is 12.0. The van der Waals surface area contributed by atoms with Crippen molar-refractivity contribution < 1.29 is 23.1 Å². The largest absolute Gasteiger partial charge is 0.411 e. The van der Waals surface area contributed by atoms with Crippen molar-refractivity contribution in [2.24, 2.45) is 5.16 Å². The van der Waals surface area contributed by atoms with E-state index in [1.54, 1.807) is 37.1 Å². The smallest absolute Gasteiger partial charge is 0.401 e. The van der Waals surface area contributed by atoms with Gasteiger partial charge in [0.25, 0.3) is 0 Å². The van der Waals surface area contributed by atoms with Crippen LogP contribution >= 0.6 is 23.1 Å². The molecule has 0 amide bonds. The van der Waals surface area contributed by atoms with Crippen LogP contribution in [0.4, 0.5) is 13.2 Å². The van der Waals surface area contributed by atoms with E-state index in [0.29, 0.717) is 18.7 Å². The minimum Gasteiger partial charge on any atom is -0.411 e. The van der Waals surface area contributed by atoms with Crippen molar-refractivity contribution in [2.45, 2.75) is 34.2 Å². The summed E-state index contributed by atoms with van der Waals surface area (Å²) in [5.74, 6) is 0. The molecule has 1 N–H and O–H groups in total. The summed E-state index contributed by atoms with van der Waals surface area (Å²) in [6, 6.07) is 11.6. The molecule has 0 saturated carbocycles. The van der Waals surface area contributed by atoms with Gasteiger partial charge >= 0.3 is 6.18 Å². The summed E-state index contributed by atoms with van der Waals surface area (Å²) >= 11 is 3.13. The molecule has 4 nitrogen and oxygen atoms in total. The molecule has 152 valence electrons. The fraction of sp³-hybridized carbons (Fsp3) is 0.421. The van der Waals surface area contributed by atoms with Crippen LogP contribution in [0, 0.1) is 0 Å². The summed E-state index contributed by atoms with van der Waals surface area (Å²) in [5.41, 5.74) is 0.696. The second-order valence-corrected chi connectivity index (χ2v) is 9.16. The molecule has 3 rings (SSSR count). The van der Waals surface area contributed by atoms with Crippen molar-refractivity contribution in [1.29, 1.82) is 0 Å². The Morgan fingerprint density at radius 1 is 1.29 bits per heavy atom. The van der Waals surface area contributed by atoms with Gasteiger partial charge in [0.2, 0.25) is 0 Å². The number of benzene rings is 1. The van der Waals surface area contributed by atoms with Crippen LogP contribution in [-0.2, 0) is 10.3 Å². The molecule has 1 saturated heterocycles. The lowest BCUT2D eigenvalue weighted by molar-refractivity contribution is -0.145. The summed E-state index contributed by atoms with van der Waals surface area (Å²) < 4.78 is 44.9. The lowest BCUT2D eigenvalue weighted by Gasteiger charge is -2.27. The quantitative estimate of drug-likeness (QED) is 0.388. The topological polar surface area (TPSA) is 45.1 Å². The Hall–Kier alpha value is -1.55. The first-order chi connectivity index (χ1) is 13.2. The second kappa shape index (κ2) is 8.44. The van der Waals surface area contributed by atoms with E-state index in [-0.39, 0.29) is 6.54 Å². The number of hydrogen-bond donors (Lipinski definition) is 1. The molecule has 0 aliphatic carbocycles. The van der Waals surface area contributed by atoms with Gasteiger partial charge in [-0.1, -0.05) is 29.1 Å². The van der Waals surface area contributed by atoms with Crippen LogP contribution in [0.5, 0.6) is 0 Å². The third-order valence-electron chi connectivity index (χ3n) is 4.78. The molecule has 0 bridgehead atoms. The van der Waals surface area contributed by atoms with E-state index < -0.39 is 18.3 Å². The van der Waals surface area contributed by atoms with Crippen molar-refractivity contribution in [3.63, 3.8) is 0 Å². The Bertz CT molecular complexity index is 836. The van der Waals surface area contributed by atoms with E-state index in [4.69, 9.17) is 9.94 Å². The molecule has 1 aromatic heterocycles. The number of likely N-dealkylation sites (tertiary alicyclic amines) is 1. The molecule has 2 aromatic rings. The first kappa shape index (κ1) is 21.2. The summed E-state index contributed by atoms with van der Waals surface area (Å²) in [6.45, 7) is 1.42. The number of ether oxygens (including phenoxy) is 1. The highest BCUT2D eigenvalue weighted by Gasteiger charge is 2.44. The maximum absolute atomic E-state index is 12.7. The number of nitrogens with zero attached hydrogens (tertiary/aromatic N) is 2. The standard InChI is InChI=1S/C19H21F3N2O2S2/c1-13(23-25)14-3-5-15(6-4-14)27-17-8-7-16(28-17)18(26-2)9-10-24(11-18)12-19(20,21)22/h3-8,25H,9-12H2,1-2H3/b23-13+. The van der Waals surface area contributed by atoms with Crippen molar-refractivity contribution >= 4 is 28.8 Å². The summed E-state index contributed by atoms with van der Waals surface area (Å²) in [6.07, 6.45) is -3.66. The normalized spacial score (nSPS) is 21.4. The lowest BCUT2D eigenvalue weighted by Crippen LogP contribution is -2.36. The molecule has 1 unspecified atom stereocenters. The molecule has 28 heavy (non-hydrogen) atoms. The zero-order valence-corrected chi connectivity index (χ0v) is 17.1. The fourth-order valence-corrected chi connectivity index (χ4v) is 5.56. The van der Waals surface area contributed by atoms with Crippen molar-refractivity contribution in [2.75, 3.05) is 26.7 Å². The number of methoxy groups -OCH3 is 1. The van der Waals surface area contributed by atoms with E-state index in [9.17, 15) is 13.2 Å². The van der Waals surface area contributed by atoms with Crippen LogP contribution in [0.3, 0.4) is 0 Å². The van der Waals surface area contributed by atoms with Gasteiger partial charge in [0.15, 0.2) is 0 Å². The van der Waals surface area contributed by atoms with Crippen LogP contribution in [0.15, 0.2) is 50.7 Å². The molecule has 1 aromatic carbocycles. The second-order valence-electron chi connectivity index (χ2n) is 6.70. The van der Waals surface area contributed by atoms with Gasteiger partial charge in [0, 0.05) is 30.0 Å².